The van der Waals surface area contributed by atoms with Crippen LogP contribution in [0.1, 0.15) is 38.8 Å². The van der Waals surface area contributed by atoms with Gasteiger partial charge >= 0.3 is 0 Å². The van der Waals surface area contributed by atoms with Gasteiger partial charge in [-0.3, -0.25) is 4.79 Å². The molecule has 5 nitrogen and oxygen atoms in total. The molecule has 7 heteroatoms. The van der Waals surface area contributed by atoms with Crippen LogP contribution >= 0.6 is 22.7 Å². The zero-order chi connectivity index (χ0) is 20.3. The maximum Gasteiger partial charge on any atom is 0.265 e. The van der Waals surface area contributed by atoms with E-state index in [0.29, 0.717) is 19.6 Å². The van der Waals surface area contributed by atoms with Gasteiger partial charge in [0.1, 0.15) is 4.88 Å². The maximum atomic E-state index is 12.9. The average molecular weight is 425 g/mol. The molecule has 1 aliphatic heterocycles. The van der Waals surface area contributed by atoms with Gasteiger partial charge in [-0.05, 0) is 25.3 Å². The van der Waals surface area contributed by atoms with E-state index in [4.69, 9.17) is 4.98 Å². The van der Waals surface area contributed by atoms with Crippen LogP contribution in [0.25, 0.3) is 0 Å². The Morgan fingerprint density at radius 1 is 1.31 bits per heavy atom. The summed E-state index contributed by atoms with van der Waals surface area (Å²) in [5.41, 5.74) is 2.18. The first-order valence-electron chi connectivity index (χ1n) is 9.70. The van der Waals surface area contributed by atoms with Crippen molar-refractivity contribution < 1.29 is 4.79 Å². The first-order valence-corrected chi connectivity index (χ1v) is 11.4. The Bertz CT molecular complexity index is 987. The number of nitrogens with one attached hydrogen (secondary N) is 1. The number of rotatable bonds is 6. The molecule has 3 aromatic rings. The Hall–Kier alpha value is -2.51. The van der Waals surface area contributed by atoms with Crippen molar-refractivity contribution in [2.75, 3.05) is 25.0 Å². The van der Waals surface area contributed by atoms with Gasteiger partial charge in [0.15, 0.2) is 5.13 Å². The molecule has 2 aromatic heterocycles. The lowest BCUT2D eigenvalue weighted by Crippen LogP contribution is -2.45. The number of likely N-dealkylation sites (tertiary alicyclic amines) is 1. The van der Waals surface area contributed by atoms with Gasteiger partial charge in [0.05, 0.1) is 16.9 Å². The summed E-state index contributed by atoms with van der Waals surface area (Å²) in [5, 5.41) is 7.28. The number of hydrogen-bond donors (Lipinski definition) is 1. The monoisotopic (exact) mass is 424 g/mol. The summed E-state index contributed by atoms with van der Waals surface area (Å²) in [5.74, 6) is 0.0869. The second-order valence-corrected chi connectivity index (χ2v) is 9.28. The molecule has 0 radical (unpaired) electrons. The lowest BCUT2D eigenvalue weighted by Gasteiger charge is -2.41. The van der Waals surface area contributed by atoms with Crippen molar-refractivity contribution >= 4 is 33.7 Å². The quantitative estimate of drug-likeness (QED) is 0.581. The molecule has 1 amide bonds. The van der Waals surface area contributed by atoms with Crippen molar-refractivity contribution in [3.63, 3.8) is 0 Å². The molecule has 150 valence electrons. The summed E-state index contributed by atoms with van der Waals surface area (Å²) >= 11 is 3.09. The predicted octanol–water partition coefficient (Wildman–Crippen LogP) is 4.73. The molecular weight excluding hydrogens is 400 g/mol. The number of aromatic nitrogens is 2. The van der Waals surface area contributed by atoms with Crippen molar-refractivity contribution in [1.29, 1.82) is 0 Å². The van der Waals surface area contributed by atoms with Crippen LogP contribution < -0.4 is 5.32 Å². The molecule has 0 spiro atoms. The van der Waals surface area contributed by atoms with Crippen molar-refractivity contribution in [1.82, 2.24) is 14.9 Å². The van der Waals surface area contributed by atoms with Crippen molar-refractivity contribution in [2.45, 2.75) is 25.2 Å². The molecule has 1 fully saturated rings. The summed E-state index contributed by atoms with van der Waals surface area (Å²) < 4.78 is 0. The molecule has 0 atom stereocenters. The van der Waals surface area contributed by atoms with Gasteiger partial charge in [-0.15, -0.1) is 29.3 Å². The number of amides is 1. The lowest BCUT2D eigenvalue weighted by molar-refractivity contribution is 0.0689. The number of aryl methyl sites for hydroxylation is 1. The highest BCUT2D eigenvalue weighted by atomic mass is 32.1. The SMILES string of the molecule is C=CCNc1nc(C2(c3ccccc3)CCN(C(=O)c3cnc(C)s3)CC2)cs1. The molecule has 1 aliphatic rings. The second kappa shape index (κ2) is 8.47. The zero-order valence-corrected chi connectivity index (χ0v) is 18.1. The summed E-state index contributed by atoms with van der Waals surface area (Å²) in [6, 6.07) is 10.6. The molecule has 4 rings (SSSR count). The van der Waals surface area contributed by atoms with Gasteiger partial charge < -0.3 is 10.2 Å². The van der Waals surface area contributed by atoms with Crippen molar-refractivity contribution in [2.24, 2.45) is 0 Å². The van der Waals surface area contributed by atoms with E-state index < -0.39 is 0 Å². The van der Waals surface area contributed by atoms with Gasteiger partial charge in [-0.2, -0.15) is 0 Å². The smallest absolute Gasteiger partial charge is 0.265 e. The fraction of sp³-hybridized carbons (Fsp3) is 0.318. The summed E-state index contributed by atoms with van der Waals surface area (Å²) in [6.45, 7) is 7.80. The van der Waals surface area contributed by atoms with Gasteiger partial charge in [-0.25, -0.2) is 9.97 Å². The minimum Gasteiger partial charge on any atom is -0.358 e. The minimum atomic E-state index is -0.174. The largest absolute Gasteiger partial charge is 0.358 e. The summed E-state index contributed by atoms with van der Waals surface area (Å²) in [6.07, 6.45) is 5.23. The van der Waals surface area contributed by atoms with E-state index in [1.54, 1.807) is 17.5 Å². The second-order valence-electron chi connectivity index (χ2n) is 7.19. The first-order chi connectivity index (χ1) is 14.1. The molecule has 3 heterocycles. The molecule has 29 heavy (non-hydrogen) atoms. The Morgan fingerprint density at radius 2 is 2.07 bits per heavy atom. The van der Waals surface area contributed by atoms with Crippen LogP contribution in [0.5, 0.6) is 0 Å². The Labute approximate surface area is 179 Å². The zero-order valence-electron chi connectivity index (χ0n) is 16.4. The number of anilines is 1. The van der Waals surface area contributed by atoms with Crippen molar-refractivity contribution in [3.05, 3.63) is 75.7 Å². The normalized spacial score (nSPS) is 15.8. The molecule has 0 bridgehead atoms. The predicted molar refractivity (Wildman–Crippen MR) is 120 cm³/mol. The van der Waals surface area contributed by atoms with Crippen LogP contribution in [0.4, 0.5) is 5.13 Å². The number of benzene rings is 1. The molecule has 0 aliphatic carbocycles. The van der Waals surface area contributed by atoms with Crippen LogP contribution in [0.2, 0.25) is 0 Å². The van der Waals surface area contributed by atoms with Crippen LogP contribution in [-0.4, -0.2) is 40.4 Å². The van der Waals surface area contributed by atoms with E-state index >= 15 is 0 Å². The topological polar surface area (TPSA) is 58.1 Å². The molecule has 1 N–H and O–H groups in total. The fourth-order valence-electron chi connectivity index (χ4n) is 3.89. The highest BCUT2D eigenvalue weighted by Crippen LogP contribution is 2.42. The minimum absolute atomic E-state index is 0.0869. The standard InChI is InChI=1S/C22H24N4OS2/c1-3-11-23-21-25-19(15-28-21)22(17-7-5-4-6-8-17)9-12-26(13-10-22)20(27)18-14-24-16(2)29-18/h3-8,14-15H,1,9-13H2,2H3,(H,23,25). The Kier molecular flexibility index (Phi) is 5.78. The molecule has 1 saturated heterocycles. The summed E-state index contributed by atoms with van der Waals surface area (Å²) in [7, 11) is 0. The number of piperidine rings is 1. The van der Waals surface area contributed by atoms with Crippen molar-refractivity contribution in [3.8, 4) is 0 Å². The maximum absolute atomic E-state index is 12.9. The average Bonchev–Trinajstić information content (AvgIpc) is 3.42. The van der Waals surface area contributed by atoms with E-state index in [1.807, 2.05) is 24.0 Å². The van der Waals surface area contributed by atoms with E-state index in [2.05, 4.69) is 46.5 Å². The Morgan fingerprint density at radius 3 is 2.72 bits per heavy atom. The third-order valence-corrected chi connectivity index (χ3v) is 7.16. The first kappa shape index (κ1) is 19.8. The number of carbonyl (C=O) groups excluding carboxylic acids is 1. The highest BCUT2D eigenvalue weighted by Gasteiger charge is 2.41. The summed E-state index contributed by atoms with van der Waals surface area (Å²) in [4.78, 5) is 24.7. The third-order valence-electron chi connectivity index (χ3n) is 5.45. The van der Waals surface area contributed by atoms with Crippen LogP contribution in [-0.2, 0) is 5.41 Å². The number of nitrogens with zero attached hydrogens (tertiary/aromatic N) is 3. The van der Waals surface area contributed by atoms with E-state index in [-0.39, 0.29) is 11.3 Å². The number of hydrogen-bond acceptors (Lipinski definition) is 6. The molecular formula is C22H24N4OS2. The molecule has 0 unspecified atom stereocenters. The van der Waals surface area contributed by atoms with E-state index in [0.717, 1.165) is 33.6 Å². The van der Waals surface area contributed by atoms with Crippen LogP contribution in [0.3, 0.4) is 0 Å². The molecule has 1 aromatic carbocycles. The van der Waals surface area contributed by atoms with Gasteiger partial charge in [0.25, 0.3) is 5.91 Å². The fourth-order valence-corrected chi connectivity index (χ4v) is 5.46. The van der Waals surface area contributed by atoms with Gasteiger partial charge in [0, 0.05) is 30.4 Å². The van der Waals surface area contributed by atoms with Gasteiger partial charge in [-0.1, -0.05) is 36.4 Å². The third kappa shape index (κ3) is 3.97. The Balaban J connectivity index is 1.59. The van der Waals surface area contributed by atoms with Crippen LogP contribution in [0.15, 0.2) is 54.6 Å². The number of carbonyl (C=O) groups is 1. The van der Waals surface area contributed by atoms with E-state index in [9.17, 15) is 4.79 Å². The highest BCUT2D eigenvalue weighted by molar-refractivity contribution is 7.14. The van der Waals surface area contributed by atoms with E-state index in [1.165, 1.54) is 16.9 Å². The molecule has 0 saturated carbocycles. The van der Waals surface area contributed by atoms with Crippen LogP contribution in [0, 0.1) is 6.92 Å². The van der Waals surface area contributed by atoms with Gasteiger partial charge in [0.2, 0.25) is 0 Å². The number of thiazole rings is 2. The lowest BCUT2D eigenvalue weighted by atomic mass is 9.70.